The molecule has 0 atom stereocenters. The molecule has 38 heavy (non-hydrogen) atoms. The van der Waals surface area contributed by atoms with E-state index in [4.69, 9.17) is 13.7 Å². The summed E-state index contributed by atoms with van der Waals surface area (Å²) in [7, 11) is 0. The summed E-state index contributed by atoms with van der Waals surface area (Å²) in [5, 5.41) is 8.44. The van der Waals surface area contributed by atoms with Crippen LogP contribution in [0.25, 0.3) is 61.0 Å². The number of furan rings is 1. The lowest BCUT2D eigenvalue weighted by atomic mass is 10.1. The van der Waals surface area contributed by atoms with Gasteiger partial charge in [0.25, 0.3) is 0 Å². The number of hydrogen-bond donors (Lipinski definition) is 0. The lowest BCUT2D eigenvalue weighted by Crippen LogP contribution is -1.96. The first kappa shape index (κ1) is 20.8. The van der Waals surface area contributed by atoms with Crippen molar-refractivity contribution in [2.75, 3.05) is 0 Å². The van der Waals surface area contributed by atoms with E-state index in [1.165, 1.54) is 5.39 Å². The van der Waals surface area contributed by atoms with Crippen LogP contribution < -0.4 is 4.74 Å². The Labute approximate surface area is 216 Å². The summed E-state index contributed by atoms with van der Waals surface area (Å²) < 4.78 is 19.9. The molecule has 6 nitrogen and oxygen atoms in total. The second-order valence-corrected chi connectivity index (χ2v) is 9.14. The smallest absolute Gasteiger partial charge is 0.325 e. The van der Waals surface area contributed by atoms with Crippen LogP contribution in [0.2, 0.25) is 0 Å². The molecule has 0 amide bonds. The van der Waals surface area contributed by atoms with Gasteiger partial charge in [0.1, 0.15) is 28.6 Å². The largest absolute Gasteiger partial charge is 0.457 e. The molecule has 0 fully saturated rings. The van der Waals surface area contributed by atoms with Crippen molar-refractivity contribution in [3.8, 4) is 28.6 Å². The zero-order valence-electron chi connectivity index (χ0n) is 20.0. The van der Waals surface area contributed by atoms with E-state index in [2.05, 4.69) is 45.0 Å². The molecule has 0 saturated carbocycles. The highest BCUT2D eigenvalue weighted by Gasteiger charge is 2.19. The van der Waals surface area contributed by atoms with Gasteiger partial charge in [-0.25, -0.2) is 4.98 Å². The fraction of sp³-hybridized carbons (Fsp3) is 0. The molecule has 6 heteroatoms. The number of nitrogens with zero attached hydrogens (tertiary/aromatic N) is 3. The second-order valence-electron chi connectivity index (χ2n) is 9.14. The average molecular weight is 494 g/mol. The Morgan fingerprint density at radius 1 is 0.658 bits per heavy atom. The van der Waals surface area contributed by atoms with Crippen LogP contribution in [0.1, 0.15) is 0 Å². The van der Waals surface area contributed by atoms with Crippen molar-refractivity contribution < 1.29 is 13.7 Å². The van der Waals surface area contributed by atoms with Crippen LogP contribution in [0.4, 0.5) is 0 Å². The van der Waals surface area contributed by atoms with Gasteiger partial charge in [0.2, 0.25) is 0 Å². The van der Waals surface area contributed by atoms with Crippen LogP contribution in [0, 0.1) is 0 Å². The first-order chi connectivity index (χ1) is 18.8. The van der Waals surface area contributed by atoms with E-state index in [0.29, 0.717) is 11.5 Å². The molecule has 180 valence electrons. The molecule has 0 aliphatic heterocycles. The SMILES string of the molecule is c1ccc(-n2c3ccccc3c3ccc(Oc4cccc(-c5noc6oc7ccccc7c56)c4)cc32)nc1. The normalized spacial score (nSPS) is 11.7. The highest BCUT2D eigenvalue weighted by Crippen LogP contribution is 2.38. The van der Waals surface area contributed by atoms with Gasteiger partial charge in [0, 0.05) is 34.0 Å². The van der Waals surface area contributed by atoms with Crippen molar-refractivity contribution in [2.45, 2.75) is 0 Å². The molecule has 0 aliphatic rings. The lowest BCUT2D eigenvalue weighted by Gasteiger charge is -2.09. The molecular weight excluding hydrogens is 474 g/mol. The summed E-state index contributed by atoms with van der Waals surface area (Å²) in [5.41, 5.74) is 4.51. The van der Waals surface area contributed by atoms with Crippen molar-refractivity contribution >= 4 is 43.9 Å². The van der Waals surface area contributed by atoms with Crippen molar-refractivity contribution in [1.29, 1.82) is 0 Å². The van der Waals surface area contributed by atoms with Crippen molar-refractivity contribution in [3.63, 3.8) is 0 Å². The van der Waals surface area contributed by atoms with Crippen molar-refractivity contribution in [3.05, 3.63) is 115 Å². The average Bonchev–Trinajstić information content (AvgIpc) is 3.64. The quantitative estimate of drug-likeness (QED) is 0.246. The van der Waals surface area contributed by atoms with Gasteiger partial charge in [-0.15, -0.1) is 0 Å². The van der Waals surface area contributed by atoms with Gasteiger partial charge in [-0.1, -0.05) is 59.8 Å². The standard InChI is InChI=1S/C32H19N3O3/c1-3-12-26-23(10-1)24-16-15-22(19-27(24)35(26)29-14-5-6-17-33-29)36-21-9-7-8-20(18-21)31-30-25-11-2-4-13-28(25)37-32(30)38-34-31/h1-19H. The van der Waals surface area contributed by atoms with Gasteiger partial charge in [-0.3, -0.25) is 4.57 Å². The molecule has 8 rings (SSSR count). The fourth-order valence-electron chi connectivity index (χ4n) is 5.23. The minimum absolute atomic E-state index is 0.417. The number of benzene rings is 4. The molecule has 0 spiro atoms. The van der Waals surface area contributed by atoms with Crippen LogP contribution in [0.5, 0.6) is 11.5 Å². The Morgan fingerprint density at radius 2 is 1.47 bits per heavy atom. The van der Waals surface area contributed by atoms with Gasteiger partial charge >= 0.3 is 5.78 Å². The van der Waals surface area contributed by atoms with Gasteiger partial charge in [0.15, 0.2) is 0 Å². The molecule has 4 heterocycles. The topological polar surface area (TPSA) is 66.2 Å². The molecule has 0 unspecified atom stereocenters. The highest BCUT2D eigenvalue weighted by molar-refractivity contribution is 6.10. The van der Waals surface area contributed by atoms with Crippen LogP contribution in [-0.4, -0.2) is 14.7 Å². The lowest BCUT2D eigenvalue weighted by molar-refractivity contribution is 0.400. The van der Waals surface area contributed by atoms with Gasteiger partial charge in [-0.2, -0.15) is 0 Å². The summed E-state index contributed by atoms with van der Waals surface area (Å²) in [6.45, 7) is 0. The number of aromatic nitrogens is 3. The maximum absolute atomic E-state index is 6.38. The maximum atomic E-state index is 6.38. The Balaban J connectivity index is 1.23. The van der Waals surface area contributed by atoms with E-state index >= 15 is 0 Å². The monoisotopic (exact) mass is 493 g/mol. The Kier molecular flexibility index (Phi) is 4.42. The molecule has 4 aromatic heterocycles. The molecule has 0 bridgehead atoms. The van der Waals surface area contributed by atoms with Gasteiger partial charge in [-0.05, 0) is 48.5 Å². The van der Waals surface area contributed by atoms with Crippen LogP contribution in [0.15, 0.2) is 124 Å². The Morgan fingerprint density at radius 3 is 2.39 bits per heavy atom. The number of hydrogen-bond acceptors (Lipinski definition) is 5. The molecule has 0 aliphatic carbocycles. The third-order valence-electron chi connectivity index (χ3n) is 6.89. The zero-order chi connectivity index (χ0) is 25.1. The number of ether oxygens (including phenoxy) is 1. The number of fused-ring (bicyclic) bond motifs is 6. The van der Waals surface area contributed by atoms with E-state index in [-0.39, 0.29) is 0 Å². The zero-order valence-corrected chi connectivity index (χ0v) is 20.0. The number of para-hydroxylation sites is 2. The van der Waals surface area contributed by atoms with Gasteiger partial charge < -0.3 is 13.7 Å². The first-order valence-electron chi connectivity index (χ1n) is 12.3. The molecule has 4 aromatic carbocycles. The van der Waals surface area contributed by atoms with E-state index < -0.39 is 0 Å². The van der Waals surface area contributed by atoms with Gasteiger partial charge in [0.05, 0.1) is 16.4 Å². The molecule has 0 radical (unpaired) electrons. The van der Waals surface area contributed by atoms with Crippen LogP contribution >= 0.6 is 0 Å². The van der Waals surface area contributed by atoms with Crippen LogP contribution in [0.3, 0.4) is 0 Å². The van der Waals surface area contributed by atoms with E-state index in [0.717, 1.165) is 55.6 Å². The predicted octanol–water partition coefficient (Wildman–Crippen LogP) is 8.53. The predicted molar refractivity (Wildman–Crippen MR) is 148 cm³/mol. The second kappa shape index (κ2) is 8.08. The van der Waals surface area contributed by atoms with Crippen molar-refractivity contribution in [1.82, 2.24) is 14.7 Å². The van der Waals surface area contributed by atoms with E-state index in [1.54, 1.807) is 0 Å². The fourth-order valence-corrected chi connectivity index (χ4v) is 5.23. The minimum atomic E-state index is 0.417. The summed E-state index contributed by atoms with van der Waals surface area (Å²) in [4.78, 5) is 4.62. The maximum Gasteiger partial charge on any atom is 0.325 e. The summed E-state index contributed by atoms with van der Waals surface area (Å²) in [5.74, 6) is 2.71. The summed E-state index contributed by atoms with van der Waals surface area (Å²) >= 11 is 0. The number of pyridine rings is 1. The first-order valence-corrected chi connectivity index (χ1v) is 12.3. The third kappa shape index (κ3) is 3.14. The van der Waals surface area contributed by atoms with E-state index in [1.807, 2.05) is 85.1 Å². The molecule has 0 N–H and O–H groups in total. The molecule has 0 saturated heterocycles. The Hall–Kier alpha value is -5.36. The molecule has 8 aromatic rings. The summed E-state index contributed by atoms with van der Waals surface area (Å²) in [6, 6.07) is 36.2. The number of rotatable bonds is 4. The third-order valence-corrected chi connectivity index (χ3v) is 6.89. The van der Waals surface area contributed by atoms with Crippen molar-refractivity contribution in [2.24, 2.45) is 0 Å². The highest BCUT2D eigenvalue weighted by atomic mass is 16.5. The summed E-state index contributed by atoms with van der Waals surface area (Å²) in [6.07, 6.45) is 1.81. The molecular formula is C32H19N3O3. The minimum Gasteiger partial charge on any atom is -0.457 e. The van der Waals surface area contributed by atoms with Crippen LogP contribution in [-0.2, 0) is 0 Å². The van der Waals surface area contributed by atoms with E-state index in [9.17, 15) is 0 Å². The Bertz CT molecular complexity index is 2120.